The van der Waals surface area contributed by atoms with Crippen LogP contribution in [0.2, 0.25) is 0 Å². The molecule has 5 atom stereocenters. The van der Waals surface area contributed by atoms with E-state index in [1.54, 1.807) is 58.2 Å². The summed E-state index contributed by atoms with van der Waals surface area (Å²) in [6.07, 6.45) is -1.44. The molecule has 44 heavy (non-hydrogen) atoms. The number of aromatic nitrogens is 4. The Morgan fingerprint density at radius 2 is 1.93 bits per heavy atom. The lowest BCUT2D eigenvalue weighted by Gasteiger charge is -2.30. The Hall–Kier alpha value is -3.65. The monoisotopic (exact) mass is 636 g/mol. The average Bonchev–Trinajstić information content (AvgIpc) is 3.50. The second kappa shape index (κ2) is 13.1. The highest BCUT2D eigenvalue weighted by atomic mass is 31.2. The Bertz CT molecular complexity index is 1520. The number of carbonyl (C=O) groups is 2. The quantitative estimate of drug-likeness (QED) is 0.204. The van der Waals surface area contributed by atoms with Crippen LogP contribution < -0.4 is 14.9 Å². The third kappa shape index (κ3) is 7.01. The Labute approximate surface area is 254 Å². The molecular weight excluding hydrogens is 598 g/mol. The lowest BCUT2D eigenvalue weighted by Crippen LogP contribution is -2.48. The number of fused-ring (bicyclic) bond motifs is 1. The predicted octanol–water partition coefficient (Wildman–Crippen LogP) is 4.04. The van der Waals surface area contributed by atoms with Gasteiger partial charge in [-0.25, -0.2) is 23.4 Å². The summed E-state index contributed by atoms with van der Waals surface area (Å²) in [4.78, 5) is 33.8. The van der Waals surface area contributed by atoms with Crippen molar-refractivity contribution in [2.75, 3.05) is 25.6 Å². The van der Waals surface area contributed by atoms with Gasteiger partial charge in [0.15, 0.2) is 23.2 Å². The third-order valence-corrected chi connectivity index (χ3v) is 8.62. The fourth-order valence-corrected chi connectivity index (χ4v) is 6.27. The first-order chi connectivity index (χ1) is 20.7. The molecule has 1 aliphatic rings. The van der Waals surface area contributed by atoms with Crippen LogP contribution in [0.4, 0.5) is 10.2 Å². The van der Waals surface area contributed by atoms with E-state index in [4.69, 9.17) is 23.3 Å². The van der Waals surface area contributed by atoms with Gasteiger partial charge in [-0.3, -0.25) is 14.1 Å². The van der Waals surface area contributed by atoms with E-state index >= 15 is 4.39 Å². The highest BCUT2D eigenvalue weighted by Crippen LogP contribution is 2.50. The van der Waals surface area contributed by atoms with Gasteiger partial charge in [0, 0.05) is 7.05 Å². The Morgan fingerprint density at radius 3 is 2.57 bits per heavy atom. The van der Waals surface area contributed by atoms with Gasteiger partial charge in [-0.05, 0) is 39.8 Å². The molecule has 1 saturated heterocycles. The third-order valence-electron chi connectivity index (χ3n) is 6.85. The second-order valence-corrected chi connectivity index (χ2v) is 12.8. The number of carbonyl (C=O) groups excluding carboxylic acids is 2. The van der Waals surface area contributed by atoms with Crippen molar-refractivity contribution in [3.63, 3.8) is 0 Å². The van der Waals surface area contributed by atoms with E-state index in [0.717, 1.165) is 0 Å². The van der Waals surface area contributed by atoms with Crippen molar-refractivity contribution in [1.29, 1.82) is 0 Å². The number of alkyl halides is 1. The molecule has 3 aromatic rings. The zero-order valence-corrected chi connectivity index (χ0v) is 26.5. The molecule has 14 nitrogen and oxygen atoms in total. The summed E-state index contributed by atoms with van der Waals surface area (Å²) in [5.74, 6) is -1.36. The molecule has 1 fully saturated rings. The molecule has 0 spiro atoms. The normalized spacial score (nSPS) is 23.3. The Kier molecular flexibility index (Phi) is 9.93. The van der Waals surface area contributed by atoms with Gasteiger partial charge >= 0.3 is 19.7 Å². The van der Waals surface area contributed by atoms with Gasteiger partial charge in [0.05, 0.1) is 31.0 Å². The molecule has 0 bridgehead atoms. The van der Waals surface area contributed by atoms with Crippen molar-refractivity contribution >= 4 is 31.2 Å². The van der Waals surface area contributed by atoms with E-state index in [2.05, 4.69) is 25.5 Å². The highest BCUT2D eigenvalue weighted by molar-refractivity contribution is 7.52. The van der Waals surface area contributed by atoms with E-state index in [0.29, 0.717) is 11.5 Å². The van der Waals surface area contributed by atoms with E-state index in [1.165, 1.54) is 37.8 Å². The van der Waals surface area contributed by atoms with Gasteiger partial charge in [-0.2, -0.15) is 10.2 Å². The van der Waals surface area contributed by atoms with E-state index in [9.17, 15) is 14.2 Å². The average molecular weight is 637 g/mol. The number of ether oxygens (including phenoxy) is 3. The number of esters is 2. The van der Waals surface area contributed by atoms with Crippen molar-refractivity contribution in [2.24, 2.45) is 5.92 Å². The van der Waals surface area contributed by atoms with Crippen LogP contribution in [0, 0.1) is 5.92 Å². The van der Waals surface area contributed by atoms with Crippen molar-refractivity contribution in [1.82, 2.24) is 24.7 Å². The molecule has 240 valence electrons. The fourth-order valence-electron chi connectivity index (χ4n) is 4.59. The fraction of sp³-hybridized carbons (Fsp3) is 0.536. The summed E-state index contributed by atoms with van der Waals surface area (Å²) < 4.78 is 60.7. The van der Waals surface area contributed by atoms with Crippen LogP contribution >= 0.6 is 7.75 Å². The molecule has 0 amide bonds. The number of nitrogens with zero attached hydrogens (tertiary/aromatic N) is 4. The molecule has 2 N–H and O–H groups in total. The number of nitrogens with one attached hydrogen (secondary N) is 2. The highest BCUT2D eigenvalue weighted by Gasteiger charge is 2.59. The topological polar surface area (TPSA) is 164 Å². The molecule has 2 aromatic heterocycles. The first-order valence-corrected chi connectivity index (χ1v) is 15.6. The summed E-state index contributed by atoms with van der Waals surface area (Å²) in [7, 11) is -2.73. The SMILES string of the molecule is CCOC(=O)C(C)(C)NP(=O)(OC[C@H]1O[C@@H](c2cnc3c(NC)ncnn23)[C@](C)(F)[C@@H]1OC(=O)C(C)C)Oc1ccccc1. The largest absolute Gasteiger partial charge is 0.465 e. The van der Waals surface area contributed by atoms with Crippen LogP contribution in [-0.2, 0) is 32.9 Å². The van der Waals surface area contributed by atoms with Crippen molar-refractivity contribution in [3.8, 4) is 5.75 Å². The maximum absolute atomic E-state index is 16.8. The molecule has 0 aliphatic carbocycles. The van der Waals surface area contributed by atoms with Gasteiger partial charge in [0.1, 0.15) is 29.8 Å². The Balaban J connectivity index is 1.68. The maximum Gasteiger partial charge on any atom is 0.459 e. The maximum atomic E-state index is 16.8. The lowest BCUT2D eigenvalue weighted by molar-refractivity contribution is -0.162. The van der Waals surface area contributed by atoms with Crippen molar-refractivity contribution in [2.45, 2.75) is 71.1 Å². The van der Waals surface area contributed by atoms with Gasteiger partial charge in [-0.1, -0.05) is 32.0 Å². The number of anilines is 1. The molecule has 0 radical (unpaired) electrons. The summed E-state index contributed by atoms with van der Waals surface area (Å²) in [6.45, 7) is 8.54. The lowest BCUT2D eigenvalue weighted by atomic mass is 9.93. The summed E-state index contributed by atoms with van der Waals surface area (Å²) in [6, 6.07) is 8.16. The number of rotatable bonds is 13. The molecular formula is C28H38FN6O8P. The van der Waals surface area contributed by atoms with Crippen molar-refractivity contribution in [3.05, 3.63) is 48.5 Å². The smallest absolute Gasteiger partial charge is 0.459 e. The second-order valence-electron chi connectivity index (χ2n) is 11.1. The van der Waals surface area contributed by atoms with Crippen LogP contribution in [0.25, 0.3) is 5.65 Å². The molecule has 16 heteroatoms. The van der Waals surface area contributed by atoms with Gasteiger partial charge in [0.2, 0.25) is 0 Å². The molecule has 4 rings (SSSR count). The van der Waals surface area contributed by atoms with Crippen molar-refractivity contribution < 1.29 is 41.8 Å². The minimum absolute atomic E-state index is 0.0912. The first kappa shape index (κ1) is 33.2. The number of halogens is 1. The number of benzene rings is 1. The van der Waals surface area contributed by atoms with Crippen LogP contribution in [-0.4, -0.2) is 75.2 Å². The molecule has 1 unspecified atom stereocenters. The van der Waals surface area contributed by atoms with Crippen LogP contribution in [0.15, 0.2) is 42.9 Å². The number of hydrogen-bond donors (Lipinski definition) is 2. The first-order valence-electron chi connectivity index (χ1n) is 14.1. The summed E-state index contributed by atoms with van der Waals surface area (Å²) in [5, 5.41) is 9.74. The van der Waals surface area contributed by atoms with E-state index in [-0.39, 0.29) is 18.1 Å². The minimum atomic E-state index is -4.38. The summed E-state index contributed by atoms with van der Waals surface area (Å²) in [5.41, 5.74) is -3.28. The van der Waals surface area contributed by atoms with Crippen LogP contribution in [0.3, 0.4) is 0 Å². The predicted molar refractivity (Wildman–Crippen MR) is 157 cm³/mol. The number of imidazole rings is 1. The van der Waals surface area contributed by atoms with Gasteiger partial charge in [0.25, 0.3) is 0 Å². The molecule has 1 aliphatic heterocycles. The number of hydrogen-bond acceptors (Lipinski definition) is 12. The van der Waals surface area contributed by atoms with E-state index in [1.807, 2.05) is 0 Å². The Morgan fingerprint density at radius 1 is 1.23 bits per heavy atom. The van der Waals surface area contributed by atoms with Gasteiger partial charge < -0.3 is 24.1 Å². The molecule has 0 saturated carbocycles. The van der Waals surface area contributed by atoms with Gasteiger partial charge in [-0.15, -0.1) is 0 Å². The van der Waals surface area contributed by atoms with Crippen LogP contribution in [0.1, 0.15) is 53.3 Å². The van der Waals surface area contributed by atoms with Crippen LogP contribution in [0.5, 0.6) is 5.75 Å². The zero-order valence-electron chi connectivity index (χ0n) is 25.6. The zero-order chi connectivity index (χ0) is 32.3. The number of para-hydroxylation sites is 1. The standard InChI is InChI=1S/C28H38FN6O8P/c1-8-39-26(37)27(4,5)34-44(38,43-18-12-10-9-11-13-18)40-15-20-22(42-25(36)17(2)3)28(6,29)21(41-20)19-14-31-24-23(30-7)32-16-33-35(19)24/h9-14,16-17,20-22H,8,15H2,1-7H3,(H,34,38)(H,30,32,33)/t20-,21+,22-,28+,44?/m1/s1. The minimum Gasteiger partial charge on any atom is -0.465 e. The van der Waals surface area contributed by atoms with E-state index < -0.39 is 61.7 Å². The molecule has 1 aromatic carbocycles. The molecule has 3 heterocycles. The summed E-state index contributed by atoms with van der Waals surface area (Å²) >= 11 is 0.